The Morgan fingerprint density at radius 2 is 2.07 bits per heavy atom. The Kier molecular flexibility index (Phi) is 5.07. The first-order valence-electron chi connectivity index (χ1n) is 9.73. The van der Waals surface area contributed by atoms with Gasteiger partial charge in [0.05, 0.1) is 12.2 Å². The van der Waals surface area contributed by atoms with Crippen molar-refractivity contribution in [1.29, 1.82) is 0 Å². The highest BCUT2D eigenvalue weighted by molar-refractivity contribution is 6.32. The number of aromatic nitrogens is 1. The highest BCUT2D eigenvalue weighted by Gasteiger charge is 2.38. The zero-order valence-corrected chi connectivity index (χ0v) is 17.5. The number of nitrogens with one attached hydrogen (secondary N) is 1. The molecule has 156 valence electrons. The molecule has 0 radical (unpaired) electrons. The standard InChI is InChI=1S/C23H24FN3O3/c1-23(2)17(14-5-8-20(25-13-14)27(3)9-10-29-4)12-19(30-23)21-16-11-15(24)6-7-18(16)26-22(21)28/h5-8,11-13H,9-10H2,1-4H3,(H,26,28). The number of hydrogen-bond donors (Lipinski definition) is 1. The first kappa shape index (κ1) is 20.1. The van der Waals surface area contributed by atoms with Gasteiger partial charge in [-0.05, 0) is 50.3 Å². The molecule has 1 aromatic heterocycles. The van der Waals surface area contributed by atoms with E-state index in [0.717, 1.165) is 23.5 Å². The molecule has 30 heavy (non-hydrogen) atoms. The number of benzene rings is 1. The third-order valence-electron chi connectivity index (χ3n) is 5.34. The summed E-state index contributed by atoms with van der Waals surface area (Å²) in [5.41, 5.74) is 2.58. The van der Waals surface area contributed by atoms with Gasteiger partial charge in [0.15, 0.2) is 0 Å². The molecule has 2 aliphatic heterocycles. The second-order valence-corrected chi connectivity index (χ2v) is 7.87. The number of likely N-dealkylation sites (N-methyl/N-ethyl adjacent to an activating group) is 1. The number of rotatable bonds is 5. The maximum Gasteiger partial charge on any atom is 0.260 e. The molecule has 0 bridgehead atoms. The Hall–Kier alpha value is -3.19. The van der Waals surface area contributed by atoms with Crippen LogP contribution in [0.2, 0.25) is 0 Å². The minimum absolute atomic E-state index is 0.299. The lowest BCUT2D eigenvalue weighted by Crippen LogP contribution is -2.23. The van der Waals surface area contributed by atoms with Crippen molar-refractivity contribution in [3.63, 3.8) is 0 Å². The van der Waals surface area contributed by atoms with E-state index in [4.69, 9.17) is 9.47 Å². The number of hydrogen-bond acceptors (Lipinski definition) is 5. The fourth-order valence-electron chi connectivity index (χ4n) is 3.72. The van der Waals surface area contributed by atoms with Gasteiger partial charge in [0.25, 0.3) is 5.91 Å². The molecule has 1 aromatic carbocycles. The van der Waals surface area contributed by atoms with E-state index in [-0.39, 0.29) is 5.91 Å². The van der Waals surface area contributed by atoms with Gasteiger partial charge in [-0.3, -0.25) is 4.79 Å². The Balaban J connectivity index is 1.70. The molecule has 0 saturated carbocycles. The van der Waals surface area contributed by atoms with Crippen LogP contribution in [0.3, 0.4) is 0 Å². The molecule has 4 rings (SSSR count). The van der Waals surface area contributed by atoms with Crippen molar-refractivity contribution in [3.05, 3.63) is 65.3 Å². The summed E-state index contributed by atoms with van der Waals surface area (Å²) in [5, 5.41) is 2.77. The fraction of sp³-hybridized carbons (Fsp3) is 0.304. The summed E-state index contributed by atoms with van der Waals surface area (Å²) >= 11 is 0. The number of amides is 1. The third kappa shape index (κ3) is 3.57. The van der Waals surface area contributed by atoms with Crippen LogP contribution in [0.15, 0.2) is 48.4 Å². The van der Waals surface area contributed by atoms with Crippen LogP contribution in [0.25, 0.3) is 11.1 Å². The van der Waals surface area contributed by atoms with Crippen LogP contribution in [0.4, 0.5) is 15.9 Å². The smallest absolute Gasteiger partial charge is 0.260 e. The molecule has 0 saturated heterocycles. The number of methoxy groups -OCH3 is 1. The maximum absolute atomic E-state index is 13.8. The summed E-state index contributed by atoms with van der Waals surface area (Å²) in [7, 11) is 3.63. The molecule has 0 fully saturated rings. The molecule has 0 unspecified atom stereocenters. The Labute approximate surface area is 175 Å². The van der Waals surface area contributed by atoms with Gasteiger partial charge in [-0.15, -0.1) is 0 Å². The van der Waals surface area contributed by atoms with E-state index in [2.05, 4.69) is 10.3 Å². The van der Waals surface area contributed by atoms with Crippen molar-refractivity contribution in [2.75, 3.05) is 37.5 Å². The number of halogens is 1. The van der Waals surface area contributed by atoms with E-state index < -0.39 is 11.4 Å². The molecular weight excluding hydrogens is 385 g/mol. The number of carbonyl (C=O) groups excluding carboxylic acids is 1. The predicted octanol–water partition coefficient (Wildman–Crippen LogP) is 3.86. The molecule has 2 aromatic rings. The van der Waals surface area contributed by atoms with Crippen LogP contribution in [0.1, 0.15) is 25.0 Å². The van der Waals surface area contributed by atoms with Crippen molar-refractivity contribution in [2.24, 2.45) is 0 Å². The number of pyridine rings is 1. The lowest BCUT2D eigenvalue weighted by atomic mass is 9.93. The monoisotopic (exact) mass is 409 g/mol. The molecule has 0 aliphatic carbocycles. The summed E-state index contributed by atoms with van der Waals surface area (Å²) < 4.78 is 25.0. The van der Waals surface area contributed by atoms with Gasteiger partial charge >= 0.3 is 0 Å². The van der Waals surface area contributed by atoms with Crippen molar-refractivity contribution in [3.8, 4) is 0 Å². The topological polar surface area (TPSA) is 63.7 Å². The maximum atomic E-state index is 13.8. The lowest BCUT2D eigenvalue weighted by molar-refractivity contribution is -0.111. The first-order valence-corrected chi connectivity index (χ1v) is 9.73. The van der Waals surface area contributed by atoms with E-state index in [1.165, 1.54) is 12.1 Å². The van der Waals surface area contributed by atoms with Crippen LogP contribution in [-0.4, -0.2) is 43.8 Å². The Morgan fingerprint density at radius 1 is 1.27 bits per heavy atom. The first-order chi connectivity index (χ1) is 14.3. The highest BCUT2D eigenvalue weighted by Crippen LogP contribution is 2.44. The molecule has 2 aliphatic rings. The van der Waals surface area contributed by atoms with Crippen LogP contribution in [-0.2, 0) is 14.3 Å². The van der Waals surface area contributed by atoms with E-state index in [9.17, 15) is 9.18 Å². The quantitative estimate of drug-likeness (QED) is 0.760. The van der Waals surface area contributed by atoms with E-state index >= 15 is 0 Å². The summed E-state index contributed by atoms with van der Waals surface area (Å²) in [5.74, 6) is 0.568. The number of allylic oxidation sites excluding steroid dienone is 1. The SMILES string of the molecule is COCCN(C)c1ccc(C2=CC(=C3C(=O)Nc4ccc(F)cc43)OC2(C)C)cn1. The summed E-state index contributed by atoms with van der Waals surface area (Å²) in [6.07, 6.45) is 3.64. The van der Waals surface area contributed by atoms with Crippen LogP contribution >= 0.6 is 0 Å². The molecule has 0 atom stereocenters. The predicted molar refractivity (Wildman–Crippen MR) is 114 cm³/mol. The van der Waals surface area contributed by atoms with Crippen LogP contribution < -0.4 is 10.2 Å². The van der Waals surface area contributed by atoms with E-state index in [0.29, 0.717) is 29.2 Å². The summed E-state index contributed by atoms with van der Waals surface area (Å²) in [4.78, 5) is 19.1. The Bertz CT molecular complexity index is 1060. The van der Waals surface area contributed by atoms with E-state index in [1.54, 1.807) is 19.4 Å². The molecule has 6 nitrogen and oxygen atoms in total. The fourth-order valence-corrected chi connectivity index (χ4v) is 3.72. The van der Waals surface area contributed by atoms with Crippen molar-refractivity contribution >= 4 is 28.6 Å². The Morgan fingerprint density at radius 3 is 2.77 bits per heavy atom. The number of nitrogens with zero attached hydrogens (tertiary/aromatic N) is 2. The third-order valence-corrected chi connectivity index (χ3v) is 5.34. The highest BCUT2D eigenvalue weighted by atomic mass is 19.1. The average molecular weight is 409 g/mol. The molecule has 3 heterocycles. The molecular formula is C23H24FN3O3. The second-order valence-electron chi connectivity index (χ2n) is 7.87. The summed E-state index contributed by atoms with van der Waals surface area (Å²) in [6.45, 7) is 5.23. The van der Waals surface area contributed by atoms with Crippen molar-refractivity contribution in [2.45, 2.75) is 19.4 Å². The minimum atomic E-state index is -0.663. The zero-order chi connectivity index (χ0) is 21.5. The van der Waals surface area contributed by atoms with Gasteiger partial charge in [0.1, 0.15) is 23.0 Å². The van der Waals surface area contributed by atoms with Crippen LogP contribution in [0, 0.1) is 5.82 Å². The summed E-state index contributed by atoms with van der Waals surface area (Å²) in [6, 6.07) is 8.16. The minimum Gasteiger partial charge on any atom is -0.482 e. The van der Waals surface area contributed by atoms with Crippen molar-refractivity contribution in [1.82, 2.24) is 4.98 Å². The molecule has 1 N–H and O–H groups in total. The van der Waals surface area contributed by atoms with Gasteiger partial charge in [-0.25, -0.2) is 9.37 Å². The normalized spacial score (nSPS) is 19.2. The lowest BCUT2D eigenvalue weighted by Gasteiger charge is -2.24. The largest absolute Gasteiger partial charge is 0.482 e. The zero-order valence-electron chi connectivity index (χ0n) is 17.5. The molecule has 1 amide bonds. The number of fused-ring (bicyclic) bond motifs is 1. The number of anilines is 2. The van der Waals surface area contributed by atoms with Gasteiger partial charge in [0.2, 0.25) is 0 Å². The number of ether oxygens (including phenoxy) is 2. The van der Waals surface area contributed by atoms with Gasteiger partial charge in [-0.1, -0.05) is 0 Å². The van der Waals surface area contributed by atoms with Crippen molar-refractivity contribution < 1.29 is 18.7 Å². The van der Waals surface area contributed by atoms with Gasteiger partial charge < -0.3 is 19.7 Å². The second kappa shape index (κ2) is 7.57. The van der Waals surface area contributed by atoms with E-state index in [1.807, 2.05) is 44.0 Å². The molecule has 7 heteroatoms. The van der Waals surface area contributed by atoms with Gasteiger partial charge in [-0.2, -0.15) is 0 Å². The number of carbonyl (C=O) groups is 1. The molecule has 0 spiro atoms. The average Bonchev–Trinajstić information content (AvgIpc) is 3.20. The van der Waals surface area contributed by atoms with Gasteiger partial charge in [0, 0.05) is 49.3 Å². The van der Waals surface area contributed by atoms with Crippen LogP contribution in [0.5, 0.6) is 0 Å².